The fourth-order valence-electron chi connectivity index (χ4n) is 1.53. The third-order valence-corrected chi connectivity index (χ3v) is 3.33. The van der Waals surface area contributed by atoms with Gasteiger partial charge in [0.2, 0.25) is 5.82 Å². The summed E-state index contributed by atoms with van der Waals surface area (Å²) in [7, 11) is 0. The van der Waals surface area contributed by atoms with E-state index in [9.17, 15) is 0 Å². The molecule has 0 aliphatic heterocycles. The summed E-state index contributed by atoms with van der Waals surface area (Å²) in [5.74, 6) is 1.04. The average molecular weight is 258 g/mol. The number of hydrogen-bond acceptors (Lipinski definition) is 6. The van der Waals surface area contributed by atoms with Crippen molar-refractivity contribution in [3.8, 4) is 22.2 Å². The van der Waals surface area contributed by atoms with Gasteiger partial charge in [-0.2, -0.15) is 4.98 Å². The molecule has 0 saturated carbocycles. The fourth-order valence-corrected chi connectivity index (χ4v) is 2.23. The third kappa shape index (κ3) is 1.98. The predicted molar refractivity (Wildman–Crippen MR) is 70.0 cm³/mol. The van der Waals surface area contributed by atoms with Crippen molar-refractivity contribution in [3.63, 3.8) is 0 Å². The Bertz CT molecular complexity index is 671. The molecule has 0 bridgehead atoms. The van der Waals surface area contributed by atoms with Gasteiger partial charge >= 0.3 is 0 Å². The molecule has 2 aromatic heterocycles. The molecule has 2 heterocycles. The topological polar surface area (TPSA) is 77.8 Å². The van der Waals surface area contributed by atoms with E-state index in [4.69, 9.17) is 10.3 Å². The molecular formula is C12H10N4OS. The number of benzene rings is 1. The normalized spacial score (nSPS) is 10.7. The molecule has 18 heavy (non-hydrogen) atoms. The van der Waals surface area contributed by atoms with Crippen LogP contribution in [0.4, 0.5) is 5.69 Å². The molecule has 0 radical (unpaired) electrons. The second-order valence-electron chi connectivity index (χ2n) is 3.79. The van der Waals surface area contributed by atoms with Crippen molar-refractivity contribution in [2.75, 3.05) is 5.73 Å². The summed E-state index contributed by atoms with van der Waals surface area (Å²) in [6, 6.07) is 7.34. The molecule has 3 rings (SSSR count). The summed E-state index contributed by atoms with van der Waals surface area (Å²) < 4.78 is 5.23. The van der Waals surface area contributed by atoms with Crippen LogP contribution in [-0.2, 0) is 0 Å². The zero-order chi connectivity index (χ0) is 12.5. The van der Waals surface area contributed by atoms with Gasteiger partial charge in [-0.3, -0.25) is 0 Å². The van der Waals surface area contributed by atoms with Crippen molar-refractivity contribution in [1.82, 2.24) is 15.1 Å². The summed E-state index contributed by atoms with van der Waals surface area (Å²) in [5, 5.41) is 4.92. The first-order valence-electron chi connectivity index (χ1n) is 5.35. The van der Waals surface area contributed by atoms with Crippen molar-refractivity contribution in [3.05, 3.63) is 35.5 Å². The Labute approximate surface area is 107 Å². The van der Waals surface area contributed by atoms with Crippen LogP contribution in [0.15, 0.2) is 35.0 Å². The Hall–Kier alpha value is -2.21. The van der Waals surface area contributed by atoms with Crippen molar-refractivity contribution in [2.45, 2.75) is 6.92 Å². The maximum atomic E-state index is 5.63. The standard InChI is InChI=1S/C12H10N4OS/c1-7-14-6-10(18-7)12-15-11(16-17-12)8-2-4-9(13)5-3-8/h2-6H,13H2,1H3. The van der Waals surface area contributed by atoms with E-state index in [0.717, 1.165) is 15.4 Å². The molecule has 0 amide bonds. The largest absolute Gasteiger partial charge is 0.399 e. The van der Waals surface area contributed by atoms with Gasteiger partial charge in [-0.1, -0.05) is 5.16 Å². The molecule has 0 spiro atoms. The van der Waals surface area contributed by atoms with E-state index in [-0.39, 0.29) is 0 Å². The highest BCUT2D eigenvalue weighted by molar-refractivity contribution is 7.14. The van der Waals surface area contributed by atoms with Gasteiger partial charge in [-0.05, 0) is 31.2 Å². The monoisotopic (exact) mass is 258 g/mol. The minimum Gasteiger partial charge on any atom is -0.399 e. The first-order valence-corrected chi connectivity index (χ1v) is 6.16. The number of nitrogen functional groups attached to an aromatic ring is 1. The van der Waals surface area contributed by atoms with Crippen LogP contribution in [-0.4, -0.2) is 15.1 Å². The molecule has 0 unspecified atom stereocenters. The van der Waals surface area contributed by atoms with E-state index >= 15 is 0 Å². The highest BCUT2D eigenvalue weighted by Crippen LogP contribution is 2.26. The molecule has 0 aliphatic rings. The quantitative estimate of drug-likeness (QED) is 0.715. The van der Waals surface area contributed by atoms with Gasteiger partial charge < -0.3 is 10.3 Å². The summed E-state index contributed by atoms with van der Waals surface area (Å²) in [4.78, 5) is 9.38. The van der Waals surface area contributed by atoms with Crippen LogP contribution in [0.5, 0.6) is 0 Å². The van der Waals surface area contributed by atoms with E-state index in [0.29, 0.717) is 17.4 Å². The van der Waals surface area contributed by atoms with Crippen LogP contribution in [0.1, 0.15) is 5.01 Å². The van der Waals surface area contributed by atoms with Crippen LogP contribution in [0.2, 0.25) is 0 Å². The fraction of sp³-hybridized carbons (Fsp3) is 0.0833. The summed E-state index contributed by atoms with van der Waals surface area (Å²) >= 11 is 1.52. The number of hydrogen-bond donors (Lipinski definition) is 1. The maximum absolute atomic E-state index is 5.63. The number of nitrogens with zero attached hydrogens (tertiary/aromatic N) is 3. The lowest BCUT2D eigenvalue weighted by atomic mass is 10.2. The van der Waals surface area contributed by atoms with Crippen LogP contribution >= 0.6 is 11.3 Å². The molecule has 90 valence electrons. The second-order valence-corrected chi connectivity index (χ2v) is 5.02. The number of thiazole rings is 1. The lowest BCUT2D eigenvalue weighted by Gasteiger charge is -1.94. The number of aromatic nitrogens is 3. The molecule has 6 heteroatoms. The SMILES string of the molecule is Cc1ncc(-c2nc(-c3ccc(N)cc3)no2)s1. The third-order valence-electron chi connectivity index (χ3n) is 2.43. The van der Waals surface area contributed by atoms with Gasteiger partial charge in [0.15, 0.2) is 0 Å². The van der Waals surface area contributed by atoms with E-state index in [1.165, 1.54) is 11.3 Å². The predicted octanol–water partition coefficient (Wildman–Crippen LogP) is 2.75. The molecule has 3 aromatic rings. The molecule has 0 aliphatic carbocycles. The van der Waals surface area contributed by atoms with E-state index < -0.39 is 0 Å². The molecule has 1 aromatic carbocycles. The molecule has 2 N–H and O–H groups in total. The first-order chi connectivity index (χ1) is 8.72. The Kier molecular flexibility index (Phi) is 2.56. The summed E-state index contributed by atoms with van der Waals surface area (Å²) in [5.41, 5.74) is 7.22. The van der Waals surface area contributed by atoms with Crippen molar-refractivity contribution in [2.24, 2.45) is 0 Å². The van der Waals surface area contributed by atoms with E-state index in [2.05, 4.69) is 15.1 Å². The minimum atomic E-state index is 0.493. The van der Waals surface area contributed by atoms with Gasteiger partial charge in [-0.15, -0.1) is 11.3 Å². The van der Waals surface area contributed by atoms with Crippen molar-refractivity contribution < 1.29 is 4.52 Å². The number of anilines is 1. The Morgan fingerprint density at radius 3 is 2.67 bits per heavy atom. The lowest BCUT2D eigenvalue weighted by molar-refractivity contribution is 0.433. The molecule has 0 atom stereocenters. The number of rotatable bonds is 2. The molecule has 0 fully saturated rings. The molecule has 0 saturated heterocycles. The number of nitrogens with two attached hydrogens (primary N) is 1. The zero-order valence-corrected chi connectivity index (χ0v) is 10.4. The van der Waals surface area contributed by atoms with Crippen LogP contribution in [0.3, 0.4) is 0 Å². The Morgan fingerprint density at radius 2 is 2.00 bits per heavy atom. The van der Waals surface area contributed by atoms with Gasteiger partial charge in [0, 0.05) is 11.3 Å². The van der Waals surface area contributed by atoms with E-state index in [1.807, 2.05) is 31.2 Å². The molecular weight excluding hydrogens is 248 g/mol. The summed E-state index contributed by atoms with van der Waals surface area (Å²) in [6.07, 6.45) is 1.74. The Balaban J connectivity index is 1.96. The zero-order valence-electron chi connectivity index (χ0n) is 9.62. The smallest absolute Gasteiger partial charge is 0.269 e. The second kappa shape index (κ2) is 4.23. The average Bonchev–Trinajstić information content (AvgIpc) is 2.98. The number of aryl methyl sites for hydroxylation is 1. The van der Waals surface area contributed by atoms with Gasteiger partial charge in [0.25, 0.3) is 5.89 Å². The Morgan fingerprint density at radius 1 is 1.22 bits per heavy atom. The van der Waals surface area contributed by atoms with Gasteiger partial charge in [-0.25, -0.2) is 4.98 Å². The van der Waals surface area contributed by atoms with Crippen LogP contribution in [0.25, 0.3) is 22.2 Å². The van der Waals surface area contributed by atoms with Gasteiger partial charge in [0.1, 0.15) is 4.88 Å². The van der Waals surface area contributed by atoms with Crippen molar-refractivity contribution in [1.29, 1.82) is 0 Å². The lowest BCUT2D eigenvalue weighted by Crippen LogP contribution is -1.85. The highest BCUT2D eigenvalue weighted by atomic mass is 32.1. The maximum Gasteiger partial charge on any atom is 0.269 e. The van der Waals surface area contributed by atoms with Crippen LogP contribution in [0, 0.1) is 6.92 Å². The first kappa shape index (κ1) is 10.9. The van der Waals surface area contributed by atoms with Crippen LogP contribution < -0.4 is 5.73 Å². The molecule has 5 nitrogen and oxygen atoms in total. The van der Waals surface area contributed by atoms with E-state index in [1.54, 1.807) is 6.20 Å². The van der Waals surface area contributed by atoms with Crippen molar-refractivity contribution >= 4 is 17.0 Å². The minimum absolute atomic E-state index is 0.493. The highest BCUT2D eigenvalue weighted by Gasteiger charge is 2.12. The summed E-state index contributed by atoms with van der Waals surface area (Å²) in [6.45, 7) is 1.94. The van der Waals surface area contributed by atoms with Gasteiger partial charge in [0.05, 0.1) is 11.2 Å².